The minimum absolute atomic E-state index is 0.734. The highest BCUT2D eigenvalue weighted by Crippen LogP contribution is 2.20. The predicted octanol–water partition coefficient (Wildman–Crippen LogP) is 3.16. The molecule has 1 aromatic carbocycles. The summed E-state index contributed by atoms with van der Waals surface area (Å²) < 4.78 is 1.07. The summed E-state index contributed by atoms with van der Waals surface area (Å²) in [6, 6.07) is 6.18. The van der Waals surface area contributed by atoms with Gasteiger partial charge in [0.25, 0.3) is 0 Å². The number of hydrogen-bond acceptors (Lipinski definition) is 3. The van der Waals surface area contributed by atoms with Gasteiger partial charge in [0.2, 0.25) is 0 Å². The van der Waals surface area contributed by atoms with E-state index in [1.165, 1.54) is 11.9 Å². The normalized spacial score (nSPS) is 10.1. The molecule has 4 heteroatoms. The maximum absolute atomic E-state index is 3.98. The first-order valence-electron chi connectivity index (χ1n) is 4.99. The molecule has 0 aliphatic rings. The quantitative estimate of drug-likeness (QED) is 0.937. The third-order valence-corrected chi connectivity index (χ3v) is 2.79. The van der Waals surface area contributed by atoms with Crippen molar-refractivity contribution in [2.45, 2.75) is 13.5 Å². The largest absolute Gasteiger partial charge is 0.381 e. The van der Waals surface area contributed by atoms with Gasteiger partial charge in [-0.05, 0) is 24.6 Å². The standard InChI is InChI=1S/C12H12BrN3/c1-9-2-3-11(13)4-12(9)16-7-10-5-14-8-15-6-10/h2-6,8,16H,7H2,1H3. The van der Waals surface area contributed by atoms with Crippen molar-refractivity contribution < 1.29 is 0 Å². The molecule has 0 radical (unpaired) electrons. The lowest BCUT2D eigenvalue weighted by Crippen LogP contribution is -2.01. The first kappa shape index (κ1) is 11.1. The van der Waals surface area contributed by atoms with Crippen LogP contribution in [0.5, 0.6) is 0 Å². The van der Waals surface area contributed by atoms with Crippen LogP contribution in [0, 0.1) is 6.92 Å². The zero-order valence-electron chi connectivity index (χ0n) is 8.94. The van der Waals surface area contributed by atoms with Crippen molar-refractivity contribution in [3.05, 3.63) is 52.5 Å². The van der Waals surface area contributed by atoms with Crippen molar-refractivity contribution in [3.63, 3.8) is 0 Å². The monoisotopic (exact) mass is 277 g/mol. The van der Waals surface area contributed by atoms with E-state index < -0.39 is 0 Å². The Bertz CT molecular complexity index is 471. The summed E-state index contributed by atoms with van der Waals surface area (Å²) in [6.45, 7) is 2.81. The van der Waals surface area contributed by atoms with Crippen LogP contribution in [0.3, 0.4) is 0 Å². The van der Waals surface area contributed by atoms with Gasteiger partial charge in [0, 0.05) is 34.7 Å². The number of hydrogen-bond donors (Lipinski definition) is 1. The molecule has 82 valence electrons. The molecule has 0 saturated carbocycles. The summed E-state index contributed by atoms with van der Waals surface area (Å²) in [7, 11) is 0. The fourth-order valence-electron chi connectivity index (χ4n) is 1.40. The molecule has 0 spiro atoms. The van der Waals surface area contributed by atoms with E-state index in [9.17, 15) is 0 Å². The smallest absolute Gasteiger partial charge is 0.115 e. The van der Waals surface area contributed by atoms with Gasteiger partial charge < -0.3 is 5.32 Å². The average Bonchev–Trinajstić information content (AvgIpc) is 2.32. The molecule has 0 atom stereocenters. The molecule has 0 amide bonds. The van der Waals surface area contributed by atoms with Crippen LogP contribution >= 0.6 is 15.9 Å². The molecule has 3 nitrogen and oxygen atoms in total. The molecule has 0 fully saturated rings. The van der Waals surface area contributed by atoms with Crippen LogP contribution in [-0.4, -0.2) is 9.97 Å². The Kier molecular flexibility index (Phi) is 3.51. The highest BCUT2D eigenvalue weighted by Gasteiger charge is 1.99. The highest BCUT2D eigenvalue weighted by atomic mass is 79.9. The van der Waals surface area contributed by atoms with Gasteiger partial charge in [-0.3, -0.25) is 0 Å². The van der Waals surface area contributed by atoms with Crippen LogP contribution < -0.4 is 5.32 Å². The third kappa shape index (κ3) is 2.79. The van der Waals surface area contributed by atoms with Crippen LogP contribution in [0.1, 0.15) is 11.1 Å². The van der Waals surface area contributed by atoms with Crippen molar-refractivity contribution in [2.75, 3.05) is 5.32 Å². The third-order valence-electron chi connectivity index (χ3n) is 2.30. The fourth-order valence-corrected chi connectivity index (χ4v) is 1.76. The van der Waals surface area contributed by atoms with E-state index in [-0.39, 0.29) is 0 Å². The lowest BCUT2D eigenvalue weighted by atomic mass is 10.2. The molecular formula is C12H12BrN3. The minimum atomic E-state index is 0.734. The minimum Gasteiger partial charge on any atom is -0.381 e. The number of aryl methyl sites for hydroxylation is 1. The van der Waals surface area contributed by atoms with Crippen LogP contribution in [0.25, 0.3) is 0 Å². The van der Waals surface area contributed by atoms with Crippen molar-refractivity contribution in [3.8, 4) is 0 Å². The van der Waals surface area contributed by atoms with E-state index >= 15 is 0 Å². The number of halogens is 1. The van der Waals surface area contributed by atoms with Crippen molar-refractivity contribution in [1.29, 1.82) is 0 Å². The van der Waals surface area contributed by atoms with Gasteiger partial charge in [-0.1, -0.05) is 22.0 Å². The fraction of sp³-hybridized carbons (Fsp3) is 0.167. The molecule has 0 unspecified atom stereocenters. The molecule has 1 aromatic heterocycles. The molecule has 1 heterocycles. The number of rotatable bonds is 3. The summed E-state index contributed by atoms with van der Waals surface area (Å²) >= 11 is 3.46. The molecular weight excluding hydrogens is 266 g/mol. The van der Waals surface area contributed by atoms with E-state index in [2.05, 4.69) is 50.3 Å². The van der Waals surface area contributed by atoms with Crippen molar-refractivity contribution in [1.82, 2.24) is 9.97 Å². The van der Waals surface area contributed by atoms with Crippen molar-refractivity contribution in [2.24, 2.45) is 0 Å². The van der Waals surface area contributed by atoms with Gasteiger partial charge in [-0.15, -0.1) is 0 Å². The summed E-state index contributed by atoms with van der Waals surface area (Å²) in [5.74, 6) is 0. The van der Waals surface area contributed by atoms with Crippen LogP contribution in [0.15, 0.2) is 41.4 Å². The van der Waals surface area contributed by atoms with E-state index in [1.54, 1.807) is 0 Å². The Morgan fingerprint density at radius 1 is 1.25 bits per heavy atom. The molecule has 2 rings (SSSR count). The van der Waals surface area contributed by atoms with E-state index in [1.807, 2.05) is 18.5 Å². The van der Waals surface area contributed by atoms with Gasteiger partial charge in [0.1, 0.15) is 6.33 Å². The zero-order valence-corrected chi connectivity index (χ0v) is 10.5. The Hall–Kier alpha value is -1.42. The first-order valence-corrected chi connectivity index (χ1v) is 5.79. The van der Waals surface area contributed by atoms with Gasteiger partial charge in [-0.25, -0.2) is 9.97 Å². The molecule has 16 heavy (non-hydrogen) atoms. The highest BCUT2D eigenvalue weighted by molar-refractivity contribution is 9.10. The molecule has 1 N–H and O–H groups in total. The average molecular weight is 278 g/mol. The lowest BCUT2D eigenvalue weighted by Gasteiger charge is -2.09. The number of nitrogens with zero attached hydrogens (tertiary/aromatic N) is 2. The molecule has 2 aromatic rings. The van der Waals surface area contributed by atoms with Gasteiger partial charge in [0.15, 0.2) is 0 Å². The zero-order chi connectivity index (χ0) is 11.4. The lowest BCUT2D eigenvalue weighted by molar-refractivity contribution is 1.05. The Balaban J connectivity index is 2.08. The molecule has 0 saturated heterocycles. The predicted molar refractivity (Wildman–Crippen MR) is 68.2 cm³/mol. The van der Waals surface area contributed by atoms with Crippen LogP contribution in [0.2, 0.25) is 0 Å². The second kappa shape index (κ2) is 5.07. The second-order valence-electron chi connectivity index (χ2n) is 3.56. The van der Waals surface area contributed by atoms with Gasteiger partial charge >= 0.3 is 0 Å². The second-order valence-corrected chi connectivity index (χ2v) is 4.48. The van der Waals surface area contributed by atoms with Gasteiger partial charge in [-0.2, -0.15) is 0 Å². The summed E-state index contributed by atoms with van der Waals surface area (Å²) in [5.41, 5.74) is 3.42. The summed E-state index contributed by atoms with van der Waals surface area (Å²) in [4.78, 5) is 7.95. The van der Waals surface area contributed by atoms with Crippen LogP contribution in [0.4, 0.5) is 5.69 Å². The molecule has 0 aliphatic heterocycles. The molecule has 0 aliphatic carbocycles. The maximum Gasteiger partial charge on any atom is 0.115 e. The Labute approximate surface area is 103 Å². The summed E-state index contributed by atoms with van der Waals surface area (Å²) in [6.07, 6.45) is 5.16. The first-order chi connectivity index (χ1) is 7.75. The Morgan fingerprint density at radius 2 is 2.00 bits per heavy atom. The number of anilines is 1. The van der Waals surface area contributed by atoms with Gasteiger partial charge in [0.05, 0.1) is 0 Å². The molecule has 0 bridgehead atoms. The topological polar surface area (TPSA) is 37.8 Å². The van der Waals surface area contributed by atoms with E-state index in [0.29, 0.717) is 0 Å². The Morgan fingerprint density at radius 3 is 2.75 bits per heavy atom. The van der Waals surface area contributed by atoms with Crippen LogP contribution in [-0.2, 0) is 6.54 Å². The van der Waals surface area contributed by atoms with E-state index in [0.717, 1.165) is 22.3 Å². The maximum atomic E-state index is 3.98. The van der Waals surface area contributed by atoms with E-state index in [4.69, 9.17) is 0 Å². The SMILES string of the molecule is Cc1ccc(Br)cc1NCc1cncnc1. The number of nitrogens with one attached hydrogen (secondary N) is 1. The van der Waals surface area contributed by atoms with Crippen molar-refractivity contribution >= 4 is 21.6 Å². The number of aromatic nitrogens is 2. The summed E-state index contributed by atoms with van der Waals surface area (Å²) in [5, 5.41) is 3.36. The number of benzene rings is 1.